The second-order valence-corrected chi connectivity index (χ2v) is 5.95. The smallest absolute Gasteiger partial charge is 0.245 e. The zero-order valence-corrected chi connectivity index (χ0v) is 10.7. The number of anilines is 1. The molecule has 7 nitrogen and oxygen atoms in total. The van der Waals surface area contributed by atoms with Gasteiger partial charge >= 0.3 is 0 Å². The van der Waals surface area contributed by atoms with E-state index in [4.69, 9.17) is 5.73 Å². The Morgan fingerprint density at radius 3 is 2.76 bits per heavy atom. The third kappa shape index (κ3) is 3.69. The quantitative estimate of drug-likeness (QED) is 0.566. The first-order valence-electron chi connectivity index (χ1n) is 5.29. The maximum absolute atomic E-state index is 11.8. The average molecular weight is 262 g/mol. The van der Waals surface area contributed by atoms with E-state index < -0.39 is 15.6 Å². The molecule has 0 radical (unpaired) electrons. The molecule has 1 unspecified atom stereocenters. The summed E-state index contributed by atoms with van der Waals surface area (Å²) in [6, 6.07) is 0. The minimum atomic E-state index is -3.73. The third-order valence-electron chi connectivity index (χ3n) is 2.35. The van der Waals surface area contributed by atoms with Gasteiger partial charge in [-0.05, 0) is 13.3 Å². The van der Waals surface area contributed by atoms with Crippen molar-refractivity contribution >= 4 is 15.8 Å². The number of nitrogens with zero attached hydrogens (tertiary/aromatic N) is 1. The lowest BCUT2D eigenvalue weighted by Crippen LogP contribution is -2.40. The van der Waals surface area contributed by atoms with Crippen LogP contribution in [0, 0.1) is 0 Å². The van der Waals surface area contributed by atoms with Crippen LogP contribution in [0.15, 0.2) is 11.1 Å². The summed E-state index contributed by atoms with van der Waals surface area (Å²) in [6.07, 6.45) is 2.41. The molecule has 1 heterocycles. The topological polar surface area (TPSA) is 121 Å². The van der Waals surface area contributed by atoms with Crippen LogP contribution in [0.1, 0.15) is 26.7 Å². The third-order valence-corrected chi connectivity index (χ3v) is 3.78. The Morgan fingerprint density at radius 1 is 1.65 bits per heavy atom. The maximum Gasteiger partial charge on any atom is 0.245 e. The number of aliphatic hydroxyl groups is 1. The summed E-state index contributed by atoms with van der Waals surface area (Å²) in [7, 11) is -3.73. The lowest BCUT2D eigenvalue weighted by Gasteiger charge is -2.22. The second-order valence-electron chi connectivity index (χ2n) is 4.22. The van der Waals surface area contributed by atoms with E-state index in [1.165, 1.54) is 0 Å². The van der Waals surface area contributed by atoms with E-state index in [0.29, 0.717) is 6.42 Å². The van der Waals surface area contributed by atoms with E-state index in [1.807, 2.05) is 6.92 Å². The fourth-order valence-corrected chi connectivity index (χ4v) is 2.64. The fraction of sp³-hybridized carbons (Fsp3) is 0.667. The SMILES string of the molecule is CCCC(C)(O)CNS(=O)(=O)c1cn[nH]c1N. The first-order chi connectivity index (χ1) is 7.78. The Kier molecular flexibility index (Phi) is 4.12. The van der Waals surface area contributed by atoms with Crippen LogP contribution in [0.5, 0.6) is 0 Å². The molecule has 0 saturated heterocycles. The Balaban J connectivity index is 2.73. The van der Waals surface area contributed by atoms with Crippen molar-refractivity contribution in [2.45, 2.75) is 37.2 Å². The summed E-state index contributed by atoms with van der Waals surface area (Å²) in [5, 5.41) is 15.7. The maximum atomic E-state index is 11.8. The number of hydrogen-bond donors (Lipinski definition) is 4. The number of nitrogens with one attached hydrogen (secondary N) is 2. The van der Waals surface area contributed by atoms with Crippen molar-refractivity contribution in [1.82, 2.24) is 14.9 Å². The number of sulfonamides is 1. The van der Waals surface area contributed by atoms with Crippen LogP contribution in [0.4, 0.5) is 5.82 Å². The van der Waals surface area contributed by atoms with Gasteiger partial charge in [-0.15, -0.1) is 0 Å². The van der Waals surface area contributed by atoms with Crippen molar-refractivity contribution in [3.05, 3.63) is 6.20 Å². The summed E-state index contributed by atoms with van der Waals surface area (Å²) >= 11 is 0. The highest BCUT2D eigenvalue weighted by Crippen LogP contribution is 2.16. The van der Waals surface area contributed by atoms with Gasteiger partial charge in [0, 0.05) is 6.54 Å². The van der Waals surface area contributed by atoms with Crippen molar-refractivity contribution in [2.24, 2.45) is 0 Å². The van der Waals surface area contributed by atoms with Gasteiger partial charge in [0.1, 0.15) is 10.7 Å². The highest BCUT2D eigenvalue weighted by atomic mass is 32.2. The highest BCUT2D eigenvalue weighted by Gasteiger charge is 2.25. The van der Waals surface area contributed by atoms with E-state index in [2.05, 4.69) is 14.9 Å². The van der Waals surface area contributed by atoms with Crippen LogP contribution in [0.25, 0.3) is 0 Å². The lowest BCUT2D eigenvalue weighted by molar-refractivity contribution is 0.0554. The van der Waals surface area contributed by atoms with Crippen LogP contribution >= 0.6 is 0 Å². The monoisotopic (exact) mass is 262 g/mol. The number of aromatic nitrogens is 2. The molecule has 8 heteroatoms. The van der Waals surface area contributed by atoms with Crippen LogP contribution in [-0.2, 0) is 10.0 Å². The molecule has 0 aliphatic carbocycles. The van der Waals surface area contributed by atoms with Gasteiger partial charge < -0.3 is 10.8 Å². The van der Waals surface area contributed by atoms with E-state index >= 15 is 0 Å². The van der Waals surface area contributed by atoms with Gasteiger partial charge in [-0.2, -0.15) is 5.10 Å². The zero-order valence-electron chi connectivity index (χ0n) is 9.90. The molecule has 0 aliphatic heterocycles. The number of rotatable bonds is 6. The summed E-state index contributed by atoms with van der Waals surface area (Å²) in [6.45, 7) is 3.43. The minimum Gasteiger partial charge on any atom is -0.389 e. The molecule has 17 heavy (non-hydrogen) atoms. The molecular weight excluding hydrogens is 244 g/mol. The summed E-state index contributed by atoms with van der Waals surface area (Å²) in [5.74, 6) is -0.0207. The molecule has 98 valence electrons. The van der Waals surface area contributed by atoms with Gasteiger partial charge in [0.15, 0.2) is 0 Å². The van der Waals surface area contributed by atoms with Crippen LogP contribution < -0.4 is 10.5 Å². The van der Waals surface area contributed by atoms with Crippen molar-refractivity contribution in [2.75, 3.05) is 12.3 Å². The lowest BCUT2D eigenvalue weighted by atomic mass is 10.0. The van der Waals surface area contributed by atoms with E-state index in [-0.39, 0.29) is 17.3 Å². The first-order valence-corrected chi connectivity index (χ1v) is 6.78. The largest absolute Gasteiger partial charge is 0.389 e. The van der Waals surface area contributed by atoms with E-state index in [0.717, 1.165) is 12.6 Å². The predicted octanol–water partition coefficient (Wildman–Crippen LogP) is -0.179. The van der Waals surface area contributed by atoms with Crippen molar-refractivity contribution in [1.29, 1.82) is 0 Å². The number of aromatic amines is 1. The van der Waals surface area contributed by atoms with Gasteiger partial charge in [-0.3, -0.25) is 5.10 Å². The molecule has 5 N–H and O–H groups in total. The minimum absolute atomic E-state index is 0.0207. The predicted molar refractivity (Wildman–Crippen MR) is 63.7 cm³/mol. The zero-order chi connectivity index (χ0) is 13.1. The molecule has 0 fully saturated rings. The molecule has 1 aromatic rings. The molecule has 1 aromatic heterocycles. The van der Waals surface area contributed by atoms with Gasteiger partial charge in [0.25, 0.3) is 0 Å². The summed E-state index contributed by atoms with van der Waals surface area (Å²) < 4.78 is 25.9. The molecule has 0 saturated carbocycles. The van der Waals surface area contributed by atoms with Gasteiger partial charge in [0.2, 0.25) is 10.0 Å². The number of nitrogen functional groups attached to an aromatic ring is 1. The van der Waals surface area contributed by atoms with Gasteiger partial charge in [0.05, 0.1) is 11.8 Å². The molecule has 0 spiro atoms. The van der Waals surface area contributed by atoms with Crippen LogP contribution in [0.2, 0.25) is 0 Å². The Hall–Kier alpha value is -1.12. The molecule has 0 aliphatic rings. The van der Waals surface area contributed by atoms with Gasteiger partial charge in [-0.1, -0.05) is 13.3 Å². The fourth-order valence-electron chi connectivity index (χ4n) is 1.45. The van der Waals surface area contributed by atoms with E-state index in [1.54, 1.807) is 6.92 Å². The molecule has 0 aromatic carbocycles. The standard InChI is InChI=1S/C9H18N4O3S/c1-3-4-9(2,14)6-12-17(15,16)7-5-11-13-8(7)10/h5,12,14H,3-4,6H2,1-2H3,(H3,10,11,13). The van der Waals surface area contributed by atoms with Crippen molar-refractivity contribution < 1.29 is 13.5 Å². The number of nitrogens with two attached hydrogens (primary N) is 1. The number of hydrogen-bond acceptors (Lipinski definition) is 5. The highest BCUT2D eigenvalue weighted by molar-refractivity contribution is 7.89. The number of H-pyrrole nitrogens is 1. The normalized spacial score (nSPS) is 15.7. The second kappa shape index (κ2) is 5.03. The Bertz CT molecular complexity index is 466. The summed E-state index contributed by atoms with van der Waals surface area (Å²) in [4.78, 5) is -0.107. The van der Waals surface area contributed by atoms with Crippen LogP contribution in [0.3, 0.4) is 0 Å². The van der Waals surface area contributed by atoms with Crippen molar-refractivity contribution in [3.63, 3.8) is 0 Å². The Labute approximate surface area is 100 Å². The summed E-state index contributed by atoms with van der Waals surface area (Å²) in [5.41, 5.74) is 4.36. The average Bonchev–Trinajstić information content (AvgIpc) is 2.63. The van der Waals surface area contributed by atoms with Gasteiger partial charge in [-0.25, -0.2) is 13.1 Å². The van der Waals surface area contributed by atoms with E-state index in [9.17, 15) is 13.5 Å². The molecular formula is C9H18N4O3S. The van der Waals surface area contributed by atoms with Crippen LogP contribution in [-0.4, -0.2) is 35.9 Å². The molecule has 1 atom stereocenters. The molecule has 0 amide bonds. The Morgan fingerprint density at radius 2 is 2.29 bits per heavy atom. The van der Waals surface area contributed by atoms with Crippen molar-refractivity contribution in [3.8, 4) is 0 Å². The molecule has 0 bridgehead atoms. The molecule has 1 rings (SSSR count). The first kappa shape index (κ1) is 13.9.